The molecule has 8 heteroatoms. The maximum absolute atomic E-state index is 13.2. The lowest BCUT2D eigenvalue weighted by Gasteiger charge is -2.30. The predicted molar refractivity (Wildman–Crippen MR) is 138 cm³/mol. The molecule has 1 amide bonds. The van der Waals surface area contributed by atoms with E-state index in [0.29, 0.717) is 11.5 Å². The van der Waals surface area contributed by atoms with Crippen LogP contribution < -0.4 is 10.1 Å². The first kappa shape index (κ1) is 23.8. The smallest absolute Gasteiger partial charge is 0.258 e. The second-order valence-corrected chi connectivity index (χ2v) is 10.1. The second-order valence-electron chi connectivity index (χ2n) is 10.1. The summed E-state index contributed by atoms with van der Waals surface area (Å²) in [6.45, 7) is 5.96. The molecule has 0 aliphatic carbocycles. The van der Waals surface area contributed by atoms with Crippen LogP contribution in [-0.4, -0.2) is 76.6 Å². The van der Waals surface area contributed by atoms with Gasteiger partial charge >= 0.3 is 0 Å². The number of amides is 1. The Kier molecular flexibility index (Phi) is 7.02. The highest BCUT2D eigenvalue weighted by Crippen LogP contribution is 2.36. The first-order chi connectivity index (χ1) is 17.0. The van der Waals surface area contributed by atoms with Crippen molar-refractivity contribution in [2.75, 3.05) is 45.6 Å². The number of aromatic nitrogens is 3. The van der Waals surface area contributed by atoms with Gasteiger partial charge in [0.1, 0.15) is 17.4 Å². The summed E-state index contributed by atoms with van der Waals surface area (Å²) < 4.78 is 8.83. The zero-order chi connectivity index (χ0) is 24.4. The van der Waals surface area contributed by atoms with Crippen LogP contribution >= 0.6 is 0 Å². The summed E-state index contributed by atoms with van der Waals surface area (Å²) in [7, 11) is 4.33. The van der Waals surface area contributed by atoms with E-state index < -0.39 is 0 Å². The molecule has 2 saturated heterocycles. The molecule has 4 heterocycles. The molecule has 0 spiro atoms. The number of ether oxygens (including phenoxy) is 1. The van der Waals surface area contributed by atoms with Gasteiger partial charge in [0.2, 0.25) is 5.95 Å². The van der Waals surface area contributed by atoms with Crippen LogP contribution in [0.5, 0.6) is 5.75 Å². The van der Waals surface area contributed by atoms with E-state index in [1.165, 1.54) is 6.42 Å². The number of aryl methyl sites for hydroxylation is 1. The summed E-state index contributed by atoms with van der Waals surface area (Å²) in [5.74, 6) is 1.27. The molecule has 0 saturated carbocycles. The van der Waals surface area contributed by atoms with Crippen molar-refractivity contribution in [3.8, 4) is 5.75 Å². The Balaban J connectivity index is 1.54. The van der Waals surface area contributed by atoms with Crippen LogP contribution in [0.1, 0.15) is 54.2 Å². The van der Waals surface area contributed by atoms with Crippen molar-refractivity contribution in [3.05, 3.63) is 47.8 Å². The van der Waals surface area contributed by atoms with Gasteiger partial charge in [-0.05, 0) is 77.5 Å². The average molecular weight is 477 g/mol. The van der Waals surface area contributed by atoms with E-state index in [1.54, 1.807) is 18.3 Å². The van der Waals surface area contributed by atoms with Gasteiger partial charge in [-0.3, -0.25) is 15.1 Å². The topological polar surface area (TPSA) is 75.5 Å². The van der Waals surface area contributed by atoms with Gasteiger partial charge in [-0.1, -0.05) is 12.5 Å². The van der Waals surface area contributed by atoms with E-state index in [2.05, 4.69) is 44.8 Å². The second kappa shape index (κ2) is 10.3. The van der Waals surface area contributed by atoms with Gasteiger partial charge in [-0.15, -0.1) is 0 Å². The van der Waals surface area contributed by atoms with Crippen molar-refractivity contribution in [1.82, 2.24) is 24.3 Å². The Morgan fingerprint density at radius 1 is 1.06 bits per heavy atom. The van der Waals surface area contributed by atoms with Gasteiger partial charge in [-0.25, -0.2) is 4.98 Å². The van der Waals surface area contributed by atoms with Gasteiger partial charge < -0.3 is 19.1 Å². The average Bonchev–Trinajstić information content (AvgIpc) is 3.07. The first-order valence-corrected chi connectivity index (χ1v) is 12.8. The molecule has 2 fully saturated rings. The van der Waals surface area contributed by atoms with Crippen LogP contribution in [0.15, 0.2) is 36.5 Å². The molecule has 1 aromatic carbocycles. The van der Waals surface area contributed by atoms with E-state index in [0.717, 1.165) is 74.3 Å². The normalized spacial score (nSPS) is 20.6. The van der Waals surface area contributed by atoms with Crippen LogP contribution in [0.2, 0.25) is 0 Å². The number of rotatable bonds is 5. The number of carbonyl (C=O) groups is 1. The Hall–Kier alpha value is -2.97. The molecule has 1 atom stereocenters. The number of piperidine rings is 1. The van der Waals surface area contributed by atoms with Crippen LogP contribution in [-0.2, 0) is 0 Å². The standard InChI is InChI=1S/C27H36N6O2/c1-19-17-20(10-13-28-19)26(34)30-27-29-23-8-6-9-24(35-22-11-15-31(2)16-12-22)25(23)33(27)21-7-4-5-14-32(3)18-21/h6,8-10,13,17,21-22H,4-5,7,11-12,14-16,18H2,1-3H3,(H,29,30,34). The van der Waals surface area contributed by atoms with Gasteiger partial charge in [0, 0.05) is 43.1 Å². The van der Waals surface area contributed by atoms with Crippen molar-refractivity contribution in [1.29, 1.82) is 0 Å². The number of imidazole rings is 1. The largest absolute Gasteiger partial charge is 0.488 e. The van der Waals surface area contributed by atoms with Crippen LogP contribution in [0.4, 0.5) is 5.95 Å². The van der Waals surface area contributed by atoms with Crippen LogP contribution in [0.25, 0.3) is 11.0 Å². The SMILES string of the molecule is Cc1cc(C(=O)Nc2nc3cccc(OC4CCN(C)CC4)c3n2C2CCCCN(C)C2)ccn1. The number of para-hydroxylation sites is 1. The van der Waals surface area contributed by atoms with Gasteiger partial charge in [-0.2, -0.15) is 0 Å². The molecule has 2 aliphatic rings. The van der Waals surface area contributed by atoms with Crippen molar-refractivity contribution >= 4 is 22.9 Å². The van der Waals surface area contributed by atoms with Gasteiger partial charge in [0.05, 0.1) is 5.52 Å². The highest BCUT2D eigenvalue weighted by molar-refractivity contribution is 6.04. The van der Waals surface area contributed by atoms with Crippen LogP contribution in [0.3, 0.4) is 0 Å². The summed E-state index contributed by atoms with van der Waals surface area (Å²) in [5.41, 5.74) is 3.22. The number of nitrogens with one attached hydrogen (secondary N) is 1. The Morgan fingerprint density at radius 2 is 1.89 bits per heavy atom. The summed E-state index contributed by atoms with van der Waals surface area (Å²) in [5, 5.41) is 3.12. The van der Waals surface area contributed by atoms with Crippen molar-refractivity contribution in [3.63, 3.8) is 0 Å². The quantitative estimate of drug-likeness (QED) is 0.597. The van der Waals surface area contributed by atoms with E-state index >= 15 is 0 Å². The number of likely N-dealkylation sites (tertiary alicyclic amines) is 2. The molecule has 8 nitrogen and oxygen atoms in total. The summed E-state index contributed by atoms with van der Waals surface area (Å²) in [4.78, 5) is 27.1. The molecule has 0 bridgehead atoms. The van der Waals surface area contributed by atoms with E-state index in [9.17, 15) is 4.79 Å². The number of nitrogens with zero attached hydrogens (tertiary/aromatic N) is 5. The molecular formula is C27H36N6O2. The highest BCUT2D eigenvalue weighted by atomic mass is 16.5. The summed E-state index contributed by atoms with van der Waals surface area (Å²) >= 11 is 0. The molecule has 5 rings (SSSR count). The lowest BCUT2D eigenvalue weighted by Crippen LogP contribution is -2.35. The Labute approximate surface area is 207 Å². The molecule has 35 heavy (non-hydrogen) atoms. The van der Waals surface area contributed by atoms with E-state index in [1.807, 2.05) is 19.1 Å². The molecular weight excluding hydrogens is 440 g/mol. The molecule has 186 valence electrons. The number of pyridine rings is 1. The lowest BCUT2D eigenvalue weighted by atomic mass is 10.1. The minimum atomic E-state index is -0.174. The summed E-state index contributed by atoms with van der Waals surface area (Å²) in [6, 6.07) is 9.81. The summed E-state index contributed by atoms with van der Waals surface area (Å²) in [6.07, 6.45) is 7.24. The van der Waals surface area contributed by atoms with Gasteiger partial charge in [0.15, 0.2) is 0 Å². The number of fused-ring (bicyclic) bond motifs is 1. The minimum Gasteiger partial charge on any atom is -0.488 e. The number of hydrogen-bond acceptors (Lipinski definition) is 6. The molecule has 2 aliphatic heterocycles. The molecule has 2 aromatic heterocycles. The third-order valence-electron chi connectivity index (χ3n) is 7.23. The number of carbonyl (C=O) groups excluding carboxylic acids is 1. The number of benzene rings is 1. The number of anilines is 1. The fraction of sp³-hybridized carbons (Fsp3) is 0.519. The zero-order valence-corrected chi connectivity index (χ0v) is 21.0. The van der Waals surface area contributed by atoms with Crippen molar-refractivity contribution in [2.45, 2.75) is 51.2 Å². The van der Waals surface area contributed by atoms with Gasteiger partial charge in [0.25, 0.3) is 5.91 Å². The van der Waals surface area contributed by atoms with E-state index in [-0.39, 0.29) is 18.1 Å². The zero-order valence-electron chi connectivity index (χ0n) is 21.0. The molecule has 3 aromatic rings. The monoisotopic (exact) mass is 476 g/mol. The molecule has 1 N–H and O–H groups in total. The minimum absolute atomic E-state index is 0.174. The highest BCUT2D eigenvalue weighted by Gasteiger charge is 2.27. The van der Waals surface area contributed by atoms with E-state index in [4.69, 9.17) is 9.72 Å². The van der Waals surface area contributed by atoms with Crippen LogP contribution in [0, 0.1) is 6.92 Å². The number of hydrogen-bond donors (Lipinski definition) is 1. The lowest BCUT2D eigenvalue weighted by molar-refractivity contribution is 0.102. The predicted octanol–water partition coefficient (Wildman–Crippen LogP) is 4.12. The molecule has 1 unspecified atom stereocenters. The maximum atomic E-state index is 13.2. The third kappa shape index (κ3) is 5.33. The van der Waals surface area contributed by atoms with Crippen molar-refractivity contribution in [2.24, 2.45) is 0 Å². The molecule has 0 radical (unpaired) electrons. The maximum Gasteiger partial charge on any atom is 0.258 e. The van der Waals surface area contributed by atoms with Crippen molar-refractivity contribution < 1.29 is 9.53 Å². The number of likely N-dealkylation sites (N-methyl/N-ethyl adjacent to an activating group) is 1. The third-order valence-corrected chi connectivity index (χ3v) is 7.23. The fourth-order valence-corrected chi connectivity index (χ4v) is 5.31. The fourth-order valence-electron chi connectivity index (χ4n) is 5.31. The Morgan fingerprint density at radius 3 is 2.69 bits per heavy atom. The first-order valence-electron chi connectivity index (χ1n) is 12.8. The Bertz CT molecular complexity index is 1180.